The van der Waals surface area contributed by atoms with Gasteiger partial charge in [0.15, 0.2) is 0 Å². The van der Waals surface area contributed by atoms with Crippen LogP contribution in [0.4, 0.5) is 0 Å². The number of fused-ring (bicyclic) bond motifs is 5. The second kappa shape index (κ2) is 6.08. The smallest absolute Gasteiger partial charge is 0.314 e. The Morgan fingerprint density at radius 3 is 2.48 bits per heavy atom. The molecule has 0 amide bonds. The molecule has 4 fully saturated rings. The third-order valence-corrected chi connectivity index (χ3v) is 10.4. The Kier molecular flexibility index (Phi) is 4.19. The molecular weight excluding hydrogens is 368 g/mol. The second-order valence-electron chi connectivity index (χ2n) is 11.6. The Balaban J connectivity index is 1.49. The van der Waals surface area contributed by atoms with Gasteiger partial charge in [-0.05, 0) is 93.0 Å². The van der Waals surface area contributed by atoms with Gasteiger partial charge in [0.05, 0.1) is 30.0 Å². The lowest BCUT2D eigenvalue weighted by Gasteiger charge is -2.65. The van der Waals surface area contributed by atoms with E-state index in [0.29, 0.717) is 18.8 Å². The van der Waals surface area contributed by atoms with Crippen LogP contribution in [0.1, 0.15) is 78.6 Å². The summed E-state index contributed by atoms with van der Waals surface area (Å²) in [5.74, 6) is 0.661. The fourth-order valence-corrected chi connectivity index (χ4v) is 8.57. The highest BCUT2D eigenvalue weighted by Crippen LogP contribution is 2.70. The van der Waals surface area contributed by atoms with Crippen LogP contribution in [-0.2, 0) is 9.53 Å². The summed E-state index contributed by atoms with van der Waals surface area (Å²) < 4.78 is 5.10. The van der Waals surface area contributed by atoms with Crippen molar-refractivity contribution in [3.8, 4) is 0 Å². The molecule has 0 aromatic carbocycles. The van der Waals surface area contributed by atoms with Gasteiger partial charge in [-0.1, -0.05) is 13.8 Å². The molecule has 162 valence electrons. The zero-order valence-corrected chi connectivity index (χ0v) is 18.0. The van der Waals surface area contributed by atoms with Gasteiger partial charge in [-0.2, -0.15) is 0 Å². The van der Waals surface area contributed by atoms with E-state index in [4.69, 9.17) is 4.74 Å². The SMILES string of the molecule is C[C@]1(O)CC[C@@]2(C)[C@H](CC[C@@H]3[C@@H]2C[C@@H](O)[C@]2(C)[C@@H](C4=COC(=O)C4)CC[C@]32O)C1. The van der Waals surface area contributed by atoms with Crippen LogP contribution in [0.15, 0.2) is 11.8 Å². The van der Waals surface area contributed by atoms with Crippen molar-refractivity contribution in [1.29, 1.82) is 0 Å². The number of aliphatic hydroxyl groups excluding tert-OH is 1. The van der Waals surface area contributed by atoms with Crippen LogP contribution < -0.4 is 0 Å². The first-order valence-corrected chi connectivity index (χ1v) is 11.5. The Labute approximate surface area is 173 Å². The lowest BCUT2D eigenvalue weighted by atomic mass is 9.42. The summed E-state index contributed by atoms with van der Waals surface area (Å²) in [6.07, 6.45) is 8.02. The van der Waals surface area contributed by atoms with Gasteiger partial charge in [0.25, 0.3) is 0 Å². The lowest BCUT2D eigenvalue weighted by molar-refractivity contribution is -0.248. The number of hydrogen-bond donors (Lipinski definition) is 3. The van der Waals surface area contributed by atoms with Gasteiger partial charge >= 0.3 is 5.97 Å². The predicted molar refractivity (Wildman–Crippen MR) is 107 cm³/mol. The molecule has 0 saturated heterocycles. The third-order valence-electron chi connectivity index (χ3n) is 10.4. The van der Waals surface area contributed by atoms with Gasteiger partial charge in [-0.25, -0.2) is 0 Å². The van der Waals surface area contributed by atoms with E-state index in [1.54, 1.807) is 6.26 Å². The number of esters is 1. The Morgan fingerprint density at radius 2 is 1.79 bits per heavy atom. The van der Waals surface area contributed by atoms with Crippen LogP contribution in [0.5, 0.6) is 0 Å². The Morgan fingerprint density at radius 1 is 1.03 bits per heavy atom. The summed E-state index contributed by atoms with van der Waals surface area (Å²) in [6.45, 7) is 6.36. The second-order valence-corrected chi connectivity index (χ2v) is 11.6. The molecular formula is C24H36O5. The molecule has 9 atom stereocenters. The molecule has 5 nitrogen and oxygen atoms in total. The molecule has 0 bridgehead atoms. The van der Waals surface area contributed by atoms with E-state index in [-0.39, 0.29) is 35.6 Å². The first-order chi connectivity index (χ1) is 13.5. The minimum absolute atomic E-state index is 0.00693. The van der Waals surface area contributed by atoms with E-state index in [0.717, 1.165) is 44.1 Å². The number of aliphatic hydroxyl groups is 3. The number of ether oxygens (including phenoxy) is 1. The highest BCUT2D eigenvalue weighted by molar-refractivity contribution is 5.76. The molecule has 4 saturated carbocycles. The molecule has 3 N–H and O–H groups in total. The summed E-state index contributed by atoms with van der Waals surface area (Å²) in [6, 6.07) is 0. The van der Waals surface area contributed by atoms with Crippen LogP contribution in [-0.4, -0.2) is 38.6 Å². The number of rotatable bonds is 1. The van der Waals surface area contributed by atoms with Crippen molar-refractivity contribution in [1.82, 2.24) is 0 Å². The van der Waals surface area contributed by atoms with Crippen LogP contribution in [0.25, 0.3) is 0 Å². The highest BCUT2D eigenvalue weighted by atomic mass is 16.5. The van der Waals surface area contributed by atoms with Gasteiger partial charge in [-0.15, -0.1) is 0 Å². The van der Waals surface area contributed by atoms with Gasteiger partial charge in [0.2, 0.25) is 0 Å². The maximum absolute atomic E-state index is 12.2. The topological polar surface area (TPSA) is 87.0 Å². The summed E-state index contributed by atoms with van der Waals surface area (Å²) in [7, 11) is 0. The van der Waals surface area contributed by atoms with Crippen LogP contribution in [0, 0.1) is 34.5 Å². The summed E-state index contributed by atoms with van der Waals surface area (Å²) in [5, 5.41) is 34.3. The monoisotopic (exact) mass is 404 g/mol. The van der Waals surface area contributed by atoms with Crippen LogP contribution in [0.3, 0.4) is 0 Å². The fraction of sp³-hybridized carbons (Fsp3) is 0.875. The quantitative estimate of drug-likeness (QED) is 0.584. The van der Waals surface area contributed by atoms with Crippen molar-refractivity contribution in [3.05, 3.63) is 11.8 Å². The Hall–Kier alpha value is -0.910. The lowest BCUT2D eigenvalue weighted by Crippen LogP contribution is -2.67. The summed E-state index contributed by atoms with van der Waals surface area (Å²) >= 11 is 0. The first kappa shape index (κ1) is 20.0. The number of hydrogen-bond acceptors (Lipinski definition) is 5. The van der Waals surface area contributed by atoms with Crippen molar-refractivity contribution in [3.63, 3.8) is 0 Å². The molecule has 0 aromatic rings. The number of cyclic esters (lactones) is 1. The fourth-order valence-electron chi connectivity index (χ4n) is 8.57. The molecule has 0 aromatic heterocycles. The highest BCUT2D eigenvalue weighted by Gasteiger charge is 2.71. The standard InChI is InChI=1S/C24H36O5/c1-21(27)8-9-22(2)15(12-21)4-5-17-18(22)11-19(25)23(3)16(6-7-24(17,23)28)14-10-20(26)29-13-14/h13,15-19,25,27-28H,4-12H2,1-3H3/t15-,16-,17-,18+,19-,21+,22+,23+,24+/m1/s1. The van der Waals surface area contributed by atoms with E-state index < -0.39 is 22.7 Å². The largest absolute Gasteiger partial charge is 0.434 e. The molecule has 5 aliphatic rings. The first-order valence-electron chi connectivity index (χ1n) is 11.5. The van der Waals surface area contributed by atoms with E-state index in [1.807, 2.05) is 6.92 Å². The molecule has 0 radical (unpaired) electrons. The molecule has 1 heterocycles. The minimum Gasteiger partial charge on any atom is -0.434 e. The zero-order chi connectivity index (χ0) is 20.8. The third kappa shape index (κ3) is 2.53. The van der Waals surface area contributed by atoms with Crippen LogP contribution in [0.2, 0.25) is 0 Å². The van der Waals surface area contributed by atoms with E-state index in [1.165, 1.54) is 0 Å². The summed E-state index contributed by atoms with van der Waals surface area (Å²) in [4.78, 5) is 11.7. The van der Waals surface area contributed by atoms with E-state index >= 15 is 0 Å². The van der Waals surface area contributed by atoms with E-state index in [2.05, 4.69) is 13.8 Å². The molecule has 0 spiro atoms. The normalized spacial score (nSPS) is 56.8. The maximum Gasteiger partial charge on any atom is 0.314 e. The van der Waals surface area contributed by atoms with Gasteiger partial charge in [-0.3, -0.25) is 4.79 Å². The van der Waals surface area contributed by atoms with Gasteiger partial charge in [0, 0.05) is 5.41 Å². The zero-order valence-electron chi connectivity index (χ0n) is 18.0. The molecule has 4 aliphatic carbocycles. The van der Waals surface area contributed by atoms with Gasteiger partial charge < -0.3 is 20.1 Å². The van der Waals surface area contributed by atoms with Crippen molar-refractivity contribution >= 4 is 5.97 Å². The van der Waals surface area contributed by atoms with Crippen LogP contribution >= 0.6 is 0 Å². The molecule has 1 aliphatic heterocycles. The minimum atomic E-state index is -0.916. The van der Waals surface area contributed by atoms with E-state index in [9.17, 15) is 20.1 Å². The van der Waals surface area contributed by atoms with Gasteiger partial charge in [0.1, 0.15) is 0 Å². The van der Waals surface area contributed by atoms with Crippen molar-refractivity contribution in [2.75, 3.05) is 0 Å². The molecule has 29 heavy (non-hydrogen) atoms. The number of carbonyl (C=O) groups excluding carboxylic acids is 1. The predicted octanol–water partition coefficient (Wildman–Crippen LogP) is 3.31. The van der Waals surface area contributed by atoms with Crippen molar-refractivity contribution in [2.24, 2.45) is 34.5 Å². The average Bonchev–Trinajstić information content (AvgIpc) is 3.19. The van der Waals surface area contributed by atoms with Crippen molar-refractivity contribution in [2.45, 2.75) is 95.9 Å². The van der Waals surface area contributed by atoms with Crippen molar-refractivity contribution < 1.29 is 24.9 Å². The average molecular weight is 405 g/mol. The maximum atomic E-state index is 12.2. The molecule has 5 rings (SSSR count). The molecule has 5 heteroatoms. The number of carbonyl (C=O) groups is 1. The molecule has 0 unspecified atom stereocenters. The Bertz CT molecular complexity index is 758. The summed E-state index contributed by atoms with van der Waals surface area (Å²) in [5.41, 5.74) is -1.14.